The molecule has 160 valence electrons. The summed E-state index contributed by atoms with van der Waals surface area (Å²) < 4.78 is 0. The van der Waals surface area contributed by atoms with E-state index in [2.05, 4.69) is 21.3 Å². The maximum Gasteiger partial charge on any atom is 0.245 e. The molecule has 28 heavy (non-hydrogen) atoms. The number of amides is 5. The van der Waals surface area contributed by atoms with Crippen molar-refractivity contribution in [2.24, 2.45) is 11.5 Å². The van der Waals surface area contributed by atoms with Crippen LogP contribution < -0.4 is 32.7 Å². The van der Waals surface area contributed by atoms with Gasteiger partial charge in [0.25, 0.3) is 0 Å². The van der Waals surface area contributed by atoms with Gasteiger partial charge in [-0.2, -0.15) is 0 Å². The van der Waals surface area contributed by atoms with Gasteiger partial charge >= 0.3 is 0 Å². The van der Waals surface area contributed by atoms with Crippen molar-refractivity contribution in [1.29, 1.82) is 0 Å². The number of nitrogens with one attached hydrogen (secondary N) is 4. The molecule has 0 spiro atoms. The molecule has 0 aliphatic rings. The minimum Gasteiger partial charge on any atom is -0.368 e. The van der Waals surface area contributed by atoms with Crippen LogP contribution in [0.2, 0.25) is 0 Å². The molecule has 0 unspecified atom stereocenters. The summed E-state index contributed by atoms with van der Waals surface area (Å²) in [5.74, 6) is -3.08. The highest BCUT2D eigenvalue weighted by Crippen LogP contribution is 2.06. The van der Waals surface area contributed by atoms with E-state index >= 15 is 0 Å². The lowest BCUT2D eigenvalue weighted by Crippen LogP contribution is -2.63. The van der Waals surface area contributed by atoms with Gasteiger partial charge in [-0.3, -0.25) is 24.0 Å². The summed E-state index contributed by atoms with van der Waals surface area (Å²) in [6.45, 7) is 10.1. The van der Waals surface area contributed by atoms with E-state index in [-0.39, 0.29) is 0 Å². The predicted octanol–water partition coefficient (Wildman–Crippen LogP) is -2.38. The fraction of sp³-hybridized carbons (Fsp3) is 0.706. The first-order valence-corrected chi connectivity index (χ1v) is 8.82. The number of nitrogens with two attached hydrogens (primary N) is 2. The van der Waals surface area contributed by atoms with Gasteiger partial charge in [-0.1, -0.05) is 0 Å². The highest BCUT2D eigenvalue weighted by Gasteiger charge is 2.35. The highest BCUT2D eigenvalue weighted by atomic mass is 16.2. The van der Waals surface area contributed by atoms with Gasteiger partial charge in [0.1, 0.15) is 23.2 Å². The van der Waals surface area contributed by atoms with Crippen LogP contribution in [0.3, 0.4) is 0 Å². The zero-order valence-corrected chi connectivity index (χ0v) is 17.4. The van der Waals surface area contributed by atoms with Gasteiger partial charge in [0.05, 0.1) is 6.04 Å². The Labute approximate surface area is 164 Å². The zero-order valence-electron chi connectivity index (χ0n) is 17.4. The Morgan fingerprint density at radius 2 is 1.07 bits per heavy atom. The number of hydrogen-bond acceptors (Lipinski definition) is 6. The van der Waals surface area contributed by atoms with E-state index in [9.17, 15) is 24.0 Å². The molecule has 0 radical (unpaired) electrons. The summed E-state index contributed by atoms with van der Waals surface area (Å²) in [5.41, 5.74) is 7.90. The van der Waals surface area contributed by atoms with Crippen molar-refractivity contribution in [2.45, 2.75) is 77.7 Å². The third-order valence-electron chi connectivity index (χ3n) is 3.94. The summed E-state index contributed by atoms with van der Waals surface area (Å²) in [6, 6.07) is -2.70. The van der Waals surface area contributed by atoms with Gasteiger partial charge in [-0.15, -0.1) is 0 Å². The molecule has 0 bridgehead atoms. The van der Waals surface area contributed by atoms with Crippen LogP contribution in [-0.4, -0.2) is 58.7 Å². The molecule has 0 rings (SSSR count). The Morgan fingerprint density at radius 3 is 1.43 bits per heavy atom. The van der Waals surface area contributed by atoms with E-state index in [0.717, 1.165) is 0 Å². The second-order valence-electron chi connectivity index (χ2n) is 7.81. The van der Waals surface area contributed by atoms with Crippen molar-refractivity contribution < 1.29 is 24.0 Å². The lowest BCUT2D eigenvalue weighted by molar-refractivity contribution is -0.137. The smallest absolute Gasteiger partial charge is 0.245 e. The summed E-state index contributed by atoms with van der Waals surface area (Å²) in [6.07, 6.45) is 0. The minimum atomic E-state index is -1.36. The Balaban J connectivity index is 4.93. The SMILES string of the molecule is C[C@H](N)C(=O)NC(C)(C)C(=O)N[C@@H](C)C(=O)NC(C)(C)C(=O)N[C@@H](C)C(N)=O. The van der Waals surface area contributed by atoms with E-state index in [1.807, 2.05) is 0 Å². The molecule has 3 atom stereocenters. The van der Waals surface area contributed by atoms with Crippen molar-refractivity contribution in [2.75, 3.05) is 0 Å². The summed E-state index contributed by atoms with van der Waals surface area (Å²) in [7, 11) is 0. The zero-order chi connectivity index (χ0) is 22.4. The third-order valence-corrected chi connectivity index (χ3v) is 3.94. The van der Waals surface area contributed by atoms with Crippen LogP contribution in [0.5, 0.6) is 0 Å². The fourth-order valence-electron chi connectivity index (χ4n) is 1.84. The van der Waals surface area contributed by atoms with E-state index in [1.54, 1.807) is 0 Å². The Kier molecular flexibility index (Phi) is 8.58. The Hall–Kier alpha value is -2.69. The van der Waals surface area contributed by atoms with Crippen LogP contribution in [0.15, 0.2) is 0 Å². The van der Waals surface area contributed by atoms with Crippen molar-refractivity contribution in [3.05, 3.63) is 0 Å². The molecule has 0 saturated carbocycles. The lowest BCUT2D eigenvalue weighted by atomic mass is 10.0. The van der Waals surface area contributed by atoms with E-state index in [1.165, 1.54) is 48.5 Å². The van der Waals surface area contributed by atoms with E-state index in [0.29, 0.717) is 0 Å². The normalized spacial score (nSPS) is 14.9. The Bertz CT molecular complexity index is 644. The van der Waals surface area contributed by atoms with Crippen LogP contribution in [0.4, 0.5) is 0 Å². The topological polar surface area (TPSA) is 186 Å². The molecule has 0 heterocycles. The number of primary amides is 1. The number of carbonyl (C=O) groups excluding carboxylic acids is 5. The maximum atomic E-state index is 12.4. The Morgan fingerprint density at radius 1 is 0.714 bits per heavy atom. The molecule has 0 aliphatic heterocycles. The van der Waals surface area contributed by atoms with Crippen LogP contribution in [0.25, 0.3) is 0 Å². The average Bonchev–Trinajstić information content (AvgIpc) is 2.53. The summed E-state index contributed by atoms with van der Waals surface area (Å²) in [4.78, 5) is 59.7. The largest absolute Gasteiger partial charge is 0.368 e. The van der Waals surface area contributed by atoms with Crippen LogP contribution in [0.1, 0.15) is 48.5 Å². The van der Waals surface area contributed by atoms with Gasteiger partial charge in [0.2, 0.25) is 29.5 Å². The van der Waals surface area contributed by atoms with Crippen molar-refractivity contribution in [3.8, 4) is 0 Å². The number of hydrogen-bond donors (Lipinski definition) is 6. The molecular formula is C17H32N6O5. The lowest BCUT2D eigenvalue weighted by Gasteiger charge is -2.30. The number of carbonyl (C=O) groups is 5. The second kappa shape index (κ2) is 9.49. The van der Waals surface area contributed by atoms with Gasteiger partial charge in [0, 0.05) is 0 Å². The number of rotatable bonds is 9. The fourth-order valence-corrected chi connectivity index (χ4v) is 1.84. The van der Waals surface area contributed by atoms with E-state index in [4.69, 9.17) is 11.5 Å². The molecule has 0 aliphatic carbocycles. The molecule has 0 aromatic rings. The quantitative estimate of drug-likeness (QED) is 0.251. The first-order valence-electron chi connectivity index (χ1n) is 8.82. The molecule has 5 amide bonds. The molecular weight excluding hydrogens is 368 g/mol. The standard InChI is InChI=1S/C17H32N6O5/c1-8(18)12(25)22-16(4,5)15(28)21-10(3)13(26)23-17(6,7)14(27)20-9(2)11(19)24/h8-10H,18H2,1-7H3,(H2,19,24)(H,20,27)(H,21,28)(H,22,25)(H,23,26)/t8-,9-,10-/m0/s1. The van der Waals surface area contributed by atoms with Crippen LogP contribution in [0, 0.1) is 0 Å². The molecule has 8 N–H and O–H groups in total. The summed E-state index contributed by atoms with van der Waals surface area (Å²) >= 11 is 0. The molecule has 0 aromatic carbocycles. The average molecular weight is 400 g/mol. The van der Waals surface area contributed by atoms with Crippen molar-refractivity contribution in [3.63, 3.8) is 0 Å². The molecule has 0 fully saturated rings. The maximum absolute atomic E-state index is 12.4. The second-order valence-corrected chi connectivity index (χ2v) is 7.81. The molecule has 11 nitrogen and oxygen atoms in total. The van der Waals surface area contributed by atoms with Gasteiger partial charge in [-0.05, 0) is 48.5 Å². The first kappa shape index (κ1) is 25.3. The van der Waals surface area contributed by atoms with Gasteiger partial charge in [0.15, 0.2) is 0 Å². The minimum absolute atomic E-state index is 0.515. The molecule has 0 aromatic heterocycles. The van der Waals surface area contributed by atoms with Crippen LogP contribution >= 0.6 is 0 Å². The third kappa shape index (κ3) is 7.51. The van der Waals surface area contributed by atoms with Crippen molar-refractivity contribution >= 4 is 29.5 Å². The molecule has 11 heteroatoms. The summed E-state index contributed by atoms with van der Waals surface area (Å²) in [5, 5.41) is 9.83. The van der Waals surface area contributed by atoms with E-state index < -0.39 is 58.7 Å². The molecule has 0 saturated heterocycles. The van der Waals surface area contributed by atoms with Gasteiger partial charge < -0.3 is 32.7 Å². The van der Waals surface area contributed by atoms with Crippen molar-refractivity contribution in [1.82, 2.24) is 21.3 Å². The monoisotopic (exact) mass is 400 g/mol. The highest BCUT2D eigenvalue weighted by molar-refractivity contribution is 5.97. The predicted molar refractivity (Wildman–Crippen MR) is 102 cm³/mol. The first-order chi connectivity index (χ1) is 12.5. The van der Waals surface area contributed by atoms with Gasteiger partial charge in [-0.25, -0.2) is 0 Å². The van der Waals surface area contributed by atoms with Crippen LogP contribution in [-0.2, 0) is 24.0 Å².